The summed E-state index contributed by atoms with van der Waals surface area (Å²) in [6.07, 6.45) is 0. The van der Waals surface area contributed by atoms with Gasteiger partial charge in [-0.1, -0.05) is 267 Å². The third-order valence-electron chi connectivity index (χ3n) is 17.0. The number of hydrogen-bond donors (Lipinski definition) is 0. The largest absolute Gasteiger partial charge is 0.308 e. The van der Waals surface area contributed by atoms with E-state index in [9.17, 15) is 0 Å². The molecule has 0 aromatic heterocycles. The maximum atomic E-state index is 8.37. The Balaban J connectivity index is 1.17. The molecule has 418 valence electrons. The summed E-state index contributed by atoms with van der Waals surface area (Å²) in [6.45, 7) is 34.3. The molecule has 0 fully saturated rings. The van der Waals surface area contributed by atoms with Crippen LogP contribution in [-0.4, -0.2) is 0 Å². The summed E-state index contributed by atoms with van der Waals surface area (Å²) in [4.78, 5) is 4.79. The van der Waals surface area contributed by atoms with Gasteiger partial charge in [-0.25, -0.2) is 0 Å². The summed E-state index contributed by atoms with van der Waals surface area (Å²) in [5.74, 6) is 0. The van der Waals surface area contributed by atoms with Gasteiger partial charge in [-0.05, 0) is 176 Å². The van der Waals surface area contributed by atoms with E-state index in [1.165, 1.54) is 65.7 Å². The molecule has 0 bridgehead atoms. The number of rotatable bonds is 9. The Morgan fingerprint density at radius 1 is 0.241 bits per heavy atom. The standard InChI is InChI=1S/C80H81ClN2/c1-76(2,3)56-34-27-52(28-35-56)53-31-42-61(43-32-53)82(72-48-41-60(80(13,14)15)51-69(72)55-33-46-67-65-23-17-16-21-63(65)64-22-18-19-24-66(64)70(67)49-55)73-25-20-26-74(75(73)81)83(62-44-38-58(39-45-62)78(7,8)9)71-47-40-59(79(10,11)12)50-68(71)54-29-36-57(37-30-54)77(4,5)6/h16-51H,1-15H3. The lowest BCUT2D eigenvalue weighted by molar-refractivity contribution is 0.590. The SMILES string of the molecule is CC(C)(C)c1ccc(-c2ccc(N(c3ccc(C(C)(C)C)cc3-c3ccc4c5ccccc5c5ccccc5c4c3)c3cccc(N(c4ccc(C(C)(C)C)cc4)c4ccc(C(C)(C)C)cc4-c4ccc(C(C)(C)C)cc4)c3Cl)cc2)cc1. The van der Waals surface area contributed by atoms with E-state index < -0.39 is 0 Å². The van der Waals surface area contributed by atoms with Crippen LogP contribution in [0, 0.1) is 0 Å². The Hall–Kier alpha value is -7.91. The molecule has 0 atom stereocenters. The molecule has 0 amide bonds. The molecular formula is C80H81ClN2. The Morgan fingerprint density at radius 3 is 0.940 bits per heavy atom. The Bertz CT molecular complexity index is 4150. The molecule has 83 heavy (non-hydrogen) atoms. The fourth-order valence-electron chi connectivity index (χ4n) is 11.8. The first-order chi connectivity index (χ1) is 39.2. The monoisotopic (exact) mass is 1100 g/mol. The molecule has 11 rings (SSSR count). The highest BCUT2D eigenvalue weighted by Gasteiger charge is 2.29. The van der Waals surface area contributed by atoms with Gasteiger partial charge in [0.25, 0.3) is 0 Å². The highest BCUT2D eigenvalue weighted by molar-refractivity contribution is 6.37. The van der Waals surface area contributed by atoms with Gasteiger partial charge in [-0.2, -0.15) is 0 Å². The predicted octanol–water partition coefficient (Wildman–Crippen LogP) is 24.2. The quantitative estimate of drug-likeness (QED) is 0.133. The van der Waals surface area contributed by atoms with Crippen LogP contribution >= 0.6 is 11.6 Å². The molecule has 2 nitrogen and oxygen atoms in total. The van der Waals surface area contributed by atoms with Crippen molar-refractivity contribution in [3.63, 3.8) is 0 Å². The van der Waals surface area contributed by atoms with Crippen molar-refractivity contribution < 1.29 is 0 Å². The van der Waals surface area contributed by atoms with Gasteiger partial charge in [0.05, 0.1) is 27.8 Å². The maximum Gasteiger partial charge on any atom is 0.0887 e. The van der Waals surface area contributed by atoms with E-state index in [4.69, 9.17) is 11.6 Å². The van der Waals surface area contributed by atoms with Gasteiger partial charge in [-0.15, -0.1) is 0 Å². The first-order valence-electron chi connectivity index (χ1n) is 29.7. The third-order valence-corrected chi connectivity index (χ3v) is 17.4. The first kappa shape index (κ1) is 56.9. The number of halogens is 1. The molecule has 0 spiro atoms. The highest BCUT2D eigenvalue weighted by atomic mass is 35.5. The van der Waals surface area contributed by atoms with E-state index in [-0.39, 0.29) is 27.1 Å². The molecule has 11 aromatic rings. The van der Waals surface area contributed by atoms with Gasteiger partial charge in [0.2, 0.25) is 0 Å². The van der Waals surface area contributed by atoms with Gasteiger partial charge in [0.1, 0.15) is 0 Å². The van der Waals surface area contributed by atoms with Crippen LogP contribution < -0.4 is 9.80 Å². The lowest BCUT2D eigenvalue weighted by Gasteiger charge is -2.34. The summed E-state index contributed by atoms with van der Waals surface area (Å²) in [7, 11) is 0. The Labute approximate surface area is 500 Å². The molecule has 0 aliphatic rings. The lowest BCUT2D eigenvalue weighted by Crippen LogP contribution is -2.17. The van der Waals surface area contributed by atoms with Crippen molar-refractivity contribution in [1.29, 1.82) is 0 Å². The van der Waals surface area contributed by atoms with E-state index in [0.717, 1.165) is 61.9 Å². The molecule has 0 saturated carbocycles. The number of fused-ring (bicyclic) bond motifs is 6. The van der Waals surface area contributed by atoms with E-state index >= 15 is 0 Å². The van der Waals surface area contributed by atoms with Crippen molar-refractivity contribution in [1.82, 2.24) is 0 Å². The van der Waals surface area contributed by atoms with Crippen molar-refractivity contribution in [2.24, 2.45) is 0 Å². The zero-order valence-corrected chi connectivity index (χ0v) is 52.3. The summed E-state index contributed by atoms with van der Waals surface area (Å²) >= 11 is 8.37. The minimum Gasteiger partial charge on any atom is -0.308 e. The van der Waals surface area contributed by atoms with Crippen LogP contribution in [-0.2, 0) is 27.1 Å². The molecule has 3 heteroatoms. The van der Waals surface area contributed by atoms with Crippen molar-refractivity contribution in [3.8, 4) is 33.4 Å². The van der Waals surface area contributed by atoms with Gasteiger partial charge in [-0.3, -0.25) is 0 Å². The minimum absolute atomic E-state index is 0.0117. The second kappa shape index (κ2) is 21.4. The number of nitrogens with zero attached hydrogens (tertiary/aromatic N) is 2. The lowest BCUT2D eigenvalue weighted by atomic mass is 9.83. The molecule has 0 saturated heterocycles. The number of hydrogen-bond acceptors (Lipinski definition) is 2. The van der Waals surface area contributed by atoms with Crippen LogP contribution in [0.2, 0.25) is 5.02 Å². The van der Waals surface area contributed by atoms with Gasteiger partial charge in [0, 0.05) is 22.5 Å². The molecular weight excluding hydrogens is 1020 g/mol. The molecule has 11 aromatic carbocycles. The zero-order chi connectivity index (χ0) is 59.0. The second-order valence-corrected chi connectivity index (χ2v) is 28.5. The summed E-state index contributed by atoms with van der Waals surface area (Å²) in [6, 6.07) is 81.9. The molecule has 0 radical (unpaired) electrons. The van der Waals surface area contributed by atoms with E-state index in [1.54, 1.807) is 0 Å². The molecule has 0 aliphatic heterocycles. The minimum atomic E-state index is -0.129. The van der Waals surface area contributed by atoms with Crippen LogP contribution in [0.15, 0.2) is 218 Å². The molecule has 0 N–H and O–H groups in total. The maximum absolute atomic E-state index is 8.37. The van der Waals surface area contributed by atoms with Crippen LogP contribution in [0.1, 0.15) is 132 Å². The highest BCUT2D eigenvalue weighted by Crippen LogP contribution is 2.52. The van der Waals surface area contributed by atoms with Crippen LogP contribution in [0.4, 0.5) is 34.1 Å². The second-order valence-electron chi connectivity index (χ2n) is 28.1. The van der Waals surface area contributed by atoms with Gasteiger partial charge >= 0.3 is 0 Å². The number of anilines is 6. The third kappa shape index (κ3) is 11.2. The van der Waals surface area contributed by atoms with Crippen LogP contribution in [0.5, 0.6) is 0 Å². The van der Waals surface area contributed by atoms with Crippen molar-refractivity contribution in [2.45, 2.75) is 131 Å². The zero-order valence-electron chi connectivity index (χ0n) is 51.6. The van der Waals surface area contributed by atoms with Crippen LogP contribution in [0.3, 0.4) is 0 Å². The van der Waals surface area contributed by atoms with Crippen molar-refractivity contribution >= 4 is 78.0 Å². The van der Waals surface area contributed by atoms with E-state index in [2.05, 4.69) is 332 Å². The van der Waals surface area contributed by atoms with Gasteiger partial charge in [0.15, 0.2) is 0 Å². The fourth-order valence-corrected chi connectivity index (χ4v) is 12.1. The van der Waals surface area contributed by atoms with Gasteiger partial charge < -0.3 is 9.80 Å². The summed E-state index contributed by atoms with van der Waals surface area (Å²) in [5, 5.41) is 8.12. The average Bonchev–Trinajstić information content (AvgIpc) is 3.34. The summed E-state index contributed by atoms with van der Waals surface area (Å²) in [5.41, 5.74) is 18.9. The topological polar surface area (TPSA) is 6.48 Å². The average molecular weight is 1110 g/mol. The number of benzene rings is 11. The van der Waals surface area contributed by atoms with Crippen molar-refractivity contribution in [2.75, 3.05) is 9.80 Å². The predicted molar refractivity (Wildman–Crippen MR) is 363 cm³/mol. The Morgan fingerprint density at radius 2 is 0.542 bits per heavy atom. The molecule has 0 unspecified atom stereocenters. The molecule has 0 aliphatic carbocycles. The fraction of sp³-hybridized carbons (Fsp3) is 0.250. The Kier molecular flexibility index (Phi) is 14.7. The van der Waals surface area contributed by atoms with Crippen molar-refractivity contribution in [3.05, 3.63) is 251 Å². The first-order valence-corrected chi connectivity index (χ1v) is 30.1. The molecule has 0 heterocycles. The smallest absolute Gasteiger partial charge is 0.0887 e. The summed E-state index contributed by atoms with van der Waals surface area (Å²) < 4.78 is 0. The van der Waals surface area contributed by atoms with Crippen LogP contribution in [0.25, 0.3) is 65.7 Å². The van der Waals surface area contributed by atoms with E-state index in [0.29, 0.717) is 5.02 Å². The normalized spacial score (nSPS) is 12.6. The van der Waals surface area contributed by atoms with E-state index in [1.807, 2.05) is 0 Å².